The first kappa shape index (κ1) is 43.3. The van der Waals surface area contributed by atoms with Gasteiger partial charge in [-0.3, -0.25) is 14.4 Å². The van der Waals surface area contributed by atoms with Gasteiger partial charge in [-0.25, -0.2) is 22.9 Å². The molecular weight excluding hydrogens is 829 g/mol. The molecule has 1 aliphatic carbocycles. The van der Waals surface area contributed by atoms with Crippen molar-refractivity contribution in [1.82, 2.24) is 24.4 Å². The van der Waals surface area contributed by atoms with Crippen LogP contribution in [-0.2, 0) is 24.4 Å². The molecule has 17 heteroatoms. The largest absolute Gasteiger partial charge is 0.497 e. The maximum atomic E-state index is 15.1. The van der Waals surface area contributed by atoms with Crippen LogP contribution >= 0.6 is 0 Å². The Labute approximate surface area is 366 Å². The van der Waals surface area contributed by atoms with Crippen molar-refractivity contribution in [2.45, 2.75) is 63.2 Å². The zero-order valence-electron chi connectivity index (χ0n) is 36.0. The molecule has 7 atom stereocenters. The first-order valence-electron chi connectivity index (χ1n) is 20.9. The molecule has 3 fully saturated rings. The van der Waals surface area contributed by atoms with Crippen LogP contribution in [0.15, 0.2) is 90.3 Å². The molecule has 2 saturated heterocycles. The standard InChI is InChI=1S/C46H52N6O10S/c1-8-29-37(38(29)43(54)49-63(57,58)28-12-10-9-11-13-28)39-36(23-51(41(39)42(47)53)44(55)40(25(2)3)50-18-19-52(45(50)56)46(4,5)6)62-34-22-31(26-14-17-33-35(20-26)61-24-60-33)48-32-21-27(59-7)15-16-30(32)34/h8-17,20-22,25,29,36-41H,1,18-19,23-24H2,2-7H3,(H2,47,53)(H,49,54)/t29-,36?,37?,38-,39?,40+,41+/m1/s1. The molecule has 16 nitrogen and oxygen atoms in total. The Balaban J connectivity index is 1.21. The molecule has 4 heterocycles. The molecule has 0 spiro atoms. The van der Waals surface area contributed by atoms with Crippen molar-refractivity contribution in [3.63, 3.8) is 0 Å². The van der Waals surface area contributed by atoms with Gasteiger partial charge in [0.1, 0.15) is 29.7 Å². The van der Waals surface area contributed by atoms with Crippen molar-refractivity contribution >= 4 is 44.7 Å². The Hall–Kier alpha value is -6.36. The molecule has 3 unspecified atom stereocenters. The van der Waals surface area contributed by atoms with Crippen LogP contribution in [0, 0.1) is 29.6 Å². The molecule has 8 rings (SSSR count). The highest BCUT2D eigenvalue weighted by atomic mass is 32.2. The van der Waals surface area contributed by atoms with Gasteiger partial charge in [0.2, 0.25) is 24.5 Å². The number of nitrogens with two attached hydrogens (primary N) is 1. The number of pyridine rings is 1. The van der Waals surface area contributed by atoms with Crippen LogP contribution in [0.1, 0.15) is 34.6 Å². The number of allylic oxidation sites excluding steroid dienone is 1. The Bertz CT molecular complexity index is 2600. The van der Waals surface area contributed by atoms with E-state index in [9.17, 15) is 22.8 Å². The average Bonchev–Trinajstić information content (AvgIpc) is 3.49. The zero-order chi connectivity index (χ0) is 45.1. The minimum absolute atomic E-state index is 0.0807. The molecule has 3 aliphatic heterocycles. The van der Waals surface area contributed by atoms with Gasteiger partial charge in [0.25, 0.3) is 10.0 Å². The van der Waals surface area contributed by atoms with Gasteiger partial charge >= 0.3 is 6.03 Å². The molecule has 0 bridgehead atoms. The van der Waals surface area contributed by atoms with Crippen molar-refractivity contribution in [3.05, 3.63) is 85.5 Å². The zero-order valence-corrected chi connectivity index (χ0v) is 36.8. The van der Waals surface area contributed by atoms with Crippen molar-refractivity contribution in [2.75, 3.05) is 33.5 Å². The van der Waals surface area contributed by atoms with E-state index >= 15 is 4.79 Å². The van der Waals surface area contributed by atoms with Gasteiger partial charge < -0.3 is 39.4 Å². The maximum Gasteiger partial charge on any atom is 0.321 e. The molecule has 3 aromatic carbocycles. The molecule has 0 radical (unpaired) electrons. The topological polar surface area (TPSA) is 200 Å². The summed E-state index contributed by atoms with van der Waals surface area (Å²) in [5, 5.41) is 0.587. The second kappa shape index (κ2) is 16.4. The number of ether oxygens (including phenoxy) is 4. The van der Waals surface area contributed by atoms with Gasteiger partial charge in [-0.05, 0) is 81.0 Å². The van der Waals surface area contributed by atoms with Crippen molar-refractivity contribution in [3.8, 4) is 34.3 Å². The minimum atomic E-state index is -4.27. The highest BCUT2D eigenvalue weighted by Crippen LogP contribution is 2.57. The van der Waals surface area contributed by atoms with Crippen LogP contribution in [0.2, 0.25) is 0 Å². The fourth-order valence-corrected chi connectivity index (χ4v) is 10.5. The fraction of sp³-hybridized carbons (Fsp3) is 0.413. The van der Waals surface area contributed by atoms with Crippen LogP contribution in [0.5, 0.6) is 23.0 Å². The number of nitrogens with zero attached hydrogens (tertiary/aromatic N) is 4. The third-order valence-corrected chi connectivity index (χ3v) is 13.9. The van der Waals surface area contributed by atoms with Crippen LogP contribution < -0.4 is 29.4 Å². The first-order chi connectivity index (χ1) is 29.9. The van der Waals surface area contributed by atoms with E-state index in [1.165, 1.54) is 17.0 Å². The van der Waals surface area contributed by atoms with Gasteiger partial charge in [0.05, 0.1) is 29.8 Å². The fourth-order valence-electron chi connectivity index (χ4n) is 9.50. The summed E-state index contributed by atoms with van der Waals surface area (Å²) in [5.74, 6) is -3.75. The van der Waals surface area contributed by atoms with Crippen molar-refractivity contribution < 1.29 is 46.5 Å². The molecule has 3 N–H and O–H groups in total. The molecular formula is C46H52N6O10S. The number of carbonyl (C=O) groups excluding carboxylic acids is 4. The summed E-state index contributed by atoms with van der Waals surface area (Å²) in [6.45, 7) is 14.1. The Morgan fingerprint density at radius 1 is 0.984 bits per heavy atom. The van der Waals surface area contributed by atoms with Gasteiger partial charge in [-0.1, -0.05) is 38.1 Å². The summed E-state index contributed by atoms with van der Waals surface area (Å²) in [5.41, 5.74) is 7.49. The predicted molar refractivity (Wildman–Crippen MR) is 232 cm³/mol. The maximum absolute atomic E-state index is 15.1. The molecule has 4 aromatic rings. The lowest BCUT2D eigenvalue weighted by atomic mass is 9.89. The lowest BCUT2D eigenvalue weighted by molar-refractivity contribution is -0.143. The number of rotatable bonds is 13. The van der Waals surface area contributed by atoms with Crippen LogP contribution in [0.4, 0.5) is 4.79 Å². The molecule has 63 heavy (non-hydrogen) atoms. The molecule has 5 amide bonds. The lowest BCUT2D eigenvalue weighted by Gasteiger charge is -2.36. The van der Waals surface area contributed by atoms with Gasteiger partial charge in [0, 0.05) is 53.5 Å². The number of fused-ring (bicyclic) bond motifs is 2. The number of carbonyl (C=O) groups is 4. The van der Waals surface area contributed by atoms with Crippen molar-refractivity contribution in [1.29, 1.82) is 0 Å². The quantitative estimate of drug-likeness (QED) is 0.175. The molecule has 4 aliphatic rings. The Kier molecular flexibility index (Phi) is 11.3. The SMILES string of the molecule is C=C[C@@H]1C(C2C(Oc3cc(-c4ccc5c(c4)OCO5)nc4cc(OC)ccc34)CN(C(=O)[C@H](C(C)C)N3CCN(C(C)(C)C)C3=O)[C@@H]2C(N)=O)[C@@H]1C(=O)NS(=O)(=O)c1ccccc1. The minimum Gasteiger partial charge on any atom is -0.497 e. The molecule has 1 saturated carbocycles. The number of benzene rings is 3. The number of sulfonamides is 1. The summed E-state index contributed by atoms with van der Waals surface area (Å²) in [6.07, 6.45) is 0.573. The number of nitrogens with one attached hydrogen (secondary N) is 1. The van der Waals surface area contributed by atoms with Crippen LogP contribution in [0.25, 0.3) is 22.2 Å². The van der Waals surface area contributed by atoms with Gasteiger partial charge in [-0.15, -0.1) is 6.58 Å². The van der Waals surface area contributed by atoms with E-state index < -0.39 is 75.1 Å². The number of hydrogen-bond acceptors (Lipinski definition) is 11. The number of hydrogen-bond donors (Lipinski definition) is 2. The highest BCUT2D eigenvalue weighted by molar-refractivity contribution is 7.90. The van der Waals surface area contributed by atoms with E-state index in [1.54, 1.807) is 77.6 Å². The summed E-state index contributed by atoms with van der Waals surface area (Å²) < 4.78 is 52.8. The summed E-state index contributed by atoms with van der Waals surface area (Å²) in [6, 6.07) is 17.4. The summed E-state index contributed by atoms with van der Waals surface area (Å²) in [4.78, 5) is 66.6. The monoisotopic (exact) mass is 880 g/mol. The van der Waals surface area contributed by atoms with Crippen LogP contribution in [0.3, 0.4) is 0 Å². The number of primary amides is 1. The summed E-state index contributed by atoms with van der Waals surface area (Å²) >= 11 is 0. The number of methoxy groups -OCH3 is 1. The average molecular weight is 881 g/mol. The lowest BCUT2D eigenvalue weighted by Crippen LogP contribution is -2.57. The highest BCUT2D eigenvalue weighted by Gasteiger charge is 2.65. The second-order valence-electron chi connectivity index (χ2n) is 17.7. The Morgan fingerprint density at radius 2 is 1.71 bits per heavy atom. The van der Waals surface area contributed by atoms with E-state index in [1.807, 2.05) is 40.7 Å². The second-order valence-corrected chi connectivity index (χ2v) is 19.4. The Morgan fingerprint density at radius 3 is 2.37 bits per heavy atom. The molecule has 1 aromatic heterocycles. The number of urea groups is 1. The van der Waals surface area contributed by atoms with E-state index in [0.29, 0.717) is 51.7 Å². The number of amides is 5. The number of aromatic nitrogens is 1. The van der Waals surface area contributed by atoms with E-state index in [2.05, 4.69) is 11.3 Å². The predicted octanol–water partition coefficient (Wildman–Crippen LogP) is 4.81. The van der Waals surface area contributed by atoms with Gasteiger partial charge in [0.15, 0.2) is 11.5 Å². The third kappa shape index (κ3) is 7.98. The third-order valence-electron chi connectivity index (χ3n) is 12.5. The normalized spacial score (nSPS) is 23.5. The van der Waals surface area contributed by atoms with Crippen LogP contribution in [-0.4, -0.2) is 109 Å². The first-order valence-corrected chi connectivity index (χ1v) is 22.4. The van der Waals surface area contributed by atoms with E-state index in [4.69, 9.17) is 29.7 Å². The number of likely N-dealkylation sites (tertiary alicyclic amines) is 1. The van der Waals surface area contributed by atoms with E-state index in [0.717, 1.165) is 0 Å². The summed E-state index contributed by atoms with van der Waals surface area (Å²) in [7, 11) is -2.73. The molecule has 332 valence electrons. The van der Waals surface area contributed by atoms with E-state index in [-0.39, 0.29) is 36.7 Å². The van der Waals surface area contributed by atoms with Gasteiger partial charge in [-0.2, -0.15) is 0 Å². The van der Waals surface area contributed by atoms with Crippen molar-refractivity contribution in [2.24, 2.45) is 35.3 Å². The smallest absolute Gasteiger partial charge is 0.321 e.